The topological polar surface area (TPSA) is 58.6 Å². The van der Waals surface area contributed by atoms with E-state index in [0.29, 0.717) is 5.69 Å². The number of rotatable bonds is 3. The fourth-order valence-corrected chi connectivity index (χ4v) is 1.36. The van der Waals surface area contributed by atoms with Gasteiger partial charge in [-0.1, -0.05) is 18.2 Å². The molecule has 0 aliphatic heterocycles. The summed E-state index contributed by atoms with van der Waals surface area (Å²) in [6.07, 6.45) is 0.194. The van der Waals surface area contributed by atoms with Crippen LogP contribution in [0.15, 0.2) is 30.3 Å². The zero-order chi connectivity index (χ0) is 10.7. The van der Waals surface area contributed by atoms with Crippen LogP contribution < -0.4 is 5.32 Å². The number of carbonyl (C=O) groups excluding carboxylic acids is 1. The Kier molecular flexibility index (Phi) is 2.87. The van der Waals surface area contributed by atoms with Gasteiger partial charge >= 0.3 is 6.09 Å². The second kappa shape index (κ2) is 4.31. The van der Waals surface area contributed by atoms with E-state index in [1.807, 2.05) is 18.2 Å². The van der Waals surface area contributed by atoms with E-state index in [-0.39, 0.29) is 18.6 Å². The van der Waals surface area contributed by atoms with Gasteiger partial charge in [-0.3, -0.25) is 5.32 Å². The third-order valence-electron chi connectivity index (χ3n) is 2.37. The van der Waals surface area contributed by atoms with Gasteiger partial charge in [0, 0.05) is 18.2 Å². The molecule has 1 amide bonds. The van der Waals surface area contributed by atoms with Crippen LogP contribution in [-0.2, 0) is 4.74 Å². The summed E-state index contributed by atoms with van der Waals surface area (Å²) >= 11 is 0. The molecule has 0 bridgehead atoms. The molecule has 0 radical (unpaired) electrons. The summed E-state index contributed by atoms with van der Waals surface area (Å²) in [4.78, 5) is 11.3. The predicted molar refractivity (Wildman–Crippen MR) is 55.5 cm³/mol. The molecule has 0 spiro atoms. The van der Waals surface area contributed by atoms with Crippen molar-refractivity contribution in [3.05, 3.63) is 30.3 Å². The van der Waals surface area contributed by atoms with Gasteiger partial charge in [0.25, 0.3) is 0 Å². The molecule has 0 saturated heterocycles. The second-order valence-corrected chi connectivity index (χ2v) is 3.61. The number of aliphatic hydroxyl groups excluding tert-OH is 1. The van der Waals surface area contributed by atoms with Crippen LogP contribution in [0.1, 0.15) is 6.42 Å². The average molecular weight is 207 g/mol. The number of para-hydroxylation sites is 1. The monoisotopic (exact) mass is 207 g/mol. The van der Waals surface area contributed by atoms with Gasteiger partial charge in [0.05, 0.1) is 0 Å². The van der Waals surface area contributed by atoms with Gasteiger partial charge in [-0.2, -0.15) is 0 Å². The highest BCUT2D eigenvalue weighted by molar-refractivity contribution is 5.84. The summed E-state index contributed by atoms with van der Waals surface area (Å²) in [5.41, 5.74) is 0.712. The molecule has 1 saturated carbocycles. The molecule has 15 heavy (non-hydrogen) atoms. The van der Waals surface area contributed by atoms with Gasteiger partial charge in [-0.25, -0.2) is 4.79 Å². The fraction of sp³-hybridized carbons (Fsp3) is 0.364. The molecule has 2 N–H and O–H groups in total. The van der Waals surface area contributed by atoms with E-state index in [0.717, 1.165) is 6.42 Å². The maximum atomic E-state index is 11.3. The number of amides is 1. The minimum absolute atomic E-state index is 0.0866. The molecule has 1 aliphatic rings. The van der Waals surface area contributed by atoms with Crippen LogP contribution in [-0.4, -0.2) is 23.9 Å². The molecular weight excluding hydrogens is 194 g/mol. The van der Waals surface area contributed by atoms with Crippen LogP contribution in [0.3, 0.4) is 0 Å². The van der Waals surface area contributed by atoms with Crippen molar-refractivity contribution in [2.24, 2.45) is 5.92 Å². The van der Waals surface area contributed by atoms with E-state index in [4.69, 9.17) is 9.84 Å². The van der Waals surface area contributed by atoms with Crippen LogP contribution in [0.5, 0.6) is 0 Å². The number of hydrogen-bond donors (Lipinski definition) is 2. The molecule has 1 aromatic carbocycles. The lowest BCUT2D eigenvalue weighted by Crippen LogP contribution is -2.16. The van der Waals surface area contributed by atoms with Crippen LogP contribution >= 0.6 is 0 Å². The quantitative estimate of drug-likeness (QED) is 0.791. The highest BCUT2D eigenvalue weighted by Crippen LogP contribution is 2.33. The van der Waals surface area contributed by atoms with E-state index >= 15 is 0 Å². The van der Waals surface area contributed by atoms with Crippen LogP contribution in [0.2, 0.25) is 0 Å². The van der Waals surface area contributed by atoms with Gasteiger partial charge in [0.2, 0.25) is 0 Å². The average Bonchev–Trinajstić information content (AvgIpc) is 2.97. The van der Waals surface area contributed by atoms with Gasteiger partial charge in [-0.05, 0) is 18.6 Å². The lowest BCUT2D eigenvalue weighted by atomic mass is 10.3. The molecule has 1 aliphatic carbocycles. The zero-order valence-electron chi connectivity index (χ0n) is 8.22. The summed E-state index contributed by atoms with van der Waals surface area (Å²) in [6.45, 7) is 0.0866. The first-order valence-corrected chi connectivity index (χ1v) is 4.93. The third-order valence-corrected chi connectivity index (χ3v) is 2.37. The number of anilines is 1. The molecule has 1 aromatic rings. The Balaban J connectivity index is 1.79. The number of benzene rings is 1. The van der Waals surface area contributed by atoms with Crippen LogP contribution in [0, 0.1) is 5.92 Å². The van der Waals surface area contributed by atoms with Gasteiger partial charge in [-0.15, -0.1) is 0 Å². The van der Waals surface area contributed by atoms with E-state index in [1.54, 1.807) is 12.1 Å². The lowest BCUT2D eigenvalue weighted by Gasteiger charge is -2.05. The van der Waals surface area contributed by atoms with Crippen LogP contribution in [0.4, 0.5) is 10.5 Å². The Bertz CT molecular complexity index is 339. The van der Waals surface area contributed by atoms with Crippen molar-refractivity contribution in [1.82, 2.24) is 0 Å². The van der Waals surface area contributed by atoms with Crippen molar-refractivity contribution in [3.63, 3.8) is 0 Å². The van der Waals surface area contributed by atoms with Crippen molar-refractivity contribution in [3.8, 4) is 0 Å². The Labute approximate surface area is 87.9 Å². The number of hydrogen-bond acceptors (Lipinski definition) is 3. The Morgan fingerprint density at radius 1 is 1.47 bits per heavy atom. The van der Waals surface area contributed by atoms with E-state index in [9.17, 15) is 4.79 Å². The van der Waals surface area contributed by atoms with Crippen LogP contribution in [0.25, 0.3) is 0 Å². The van der Waals surface area contributed by atoms with Gasteiger partial charge in [0.1, 0.15) is 6.10 Å². The predicted octanol–water partition coefficient (Wildman–Crippen LogP) is 1.62. The molecule has 2 atom stereocenters. The first-order chi connectivity index (χ1) is 7.29. The molecule has 0 aromatic heterocycles. The highest BCUT2D eigenvalue weighted by Gasteiger charge is 2.40. The fourth-order valence-electron chi connectivity index (χ4n) is 1.36. The second-order valence-electron chi connectivity index (χ2n) is 3.61. The lowest BCUT2D eigenvalue weighted by molar-refractivity contribution is 0.140. The summed E-state index contributed by atoms with van der Waals surface area (Å²) < 4.78 is 5.06. The molecule has 4 heteroatoms. The molecule has 4 nitrogen and oxygen atoms in total. The molecule has 0 heterocycles. The number of nitrogens with one attached hydrogen (secondary N) is 1. The SMILES string of the molecule is O=C(Nc1ccccc1)OC1CC1CO. The zero-order valence-corrected chi connectivity index (χ0v) is 8.22. The smallest absolute Gasteiger partial charge is 0.411 e. The van der Waals surface area contributed by atoms with E-state index < -0.39 is 6.09 Å². The molecule has 2 unspecified atom stereocenters. The number of carbonyl (C=O) groups is 1. The summed E-state index contributed by atoms with van der Waals surface area (Å²) in [7, 11) is 0. The third kappa shape index (κ3) is 2.70. The van der Waals surface area contributed by atoms with E-state index in [1.165, 1.54) is 0 Å². The molecule has 80 valence electrons. The largest absolute Gasteiger partial charge is 0.446 e. The summed E-state index contributed by atoms with van der Waals surface area (Å²) in [5, 5.41) is 11.4. The maximum absolute atomic E-state index is 11.3. The maximum Gasteiger partial charge on any atom is 0.411 e. The van der Waals surface area contributed by atoms with Crippen molar-refractivity contribution in [2.75, 3.05) is 11.9 Å². The minimum atomic E-state index is -0.456. The molecule has 2 rings (SSSR count). The Hall–Kier alpha value is -1.55. The number of ether oxygens (including phenoxy) is 1. The highest BCUT2D eigenvalue weighted by atomic mass is 16.6. The molecule has 1 fully saturated rings. The first kappa shape index (κ1) is 9.98. The summed E-state index contributed by atoms with van der Waals surface area (Å²) in [6, 6.07) is 9.13. The summed E-state index contributed by atoms with van der Waals surface area (Å²) in [5.74, 6) is 0.131. The molecular formula is C11H13NO3. The van der Waals surface area contributed by atoms with Crippen molar-refractivity contribution in [1.29, 1.82) is 0 Å². The Morgan fingerprint density at radius 3 is 2.80 bits per heavy atom. The Morgan fingerprint density at radius 2 is 2.20 bits per heavy atom. The van der Waals surface area contributed by atoms with Crippen molar-refractivity contribution < 1.29 is 14.6 Å². The van der Waals surface area contributed by atoms with Crippen molar-refractivity contribution >= 4 is 11.8 Å². The number of aliphatic hydroxyl groups is 1. The van der Waals surface area contributed by atoms with Gasteiger partial charge < -0.3 is 9.84 Å². The minimum Gasteiger partial charge on any atom is -0.446 e. The standard InChI is InChI=1S/C11H13NO3/c13-7-8-6-10(8)15-11(14)12-9-4-2-1-3-5-9/h1-5,8,10,13H,6-7H2,(H,12,14). The first-order valence-electron chi connectivity index (χ1n) is 4.93. The van der Waals surface area contributed by atoms with Crippen molar-refractivity contribution in [2.45, 2.75) is 12.5 Å². The normalized spacial score (nSPS) is 23.3. The van der Waals surface area contributed by atoms with E-state index in [2.05, 4.69) is 5.32 Å². The van der Waals surface area contributed by atoms with Gasteiger partial charge in [0.15, 0.2) is 0 Å².